The fourth-order valence-electron chi connectivity index (χ4n) is 1.98. The van der Waals surface area contributed by atoms with E-state index < -0.39 is 10.0 Å². The number of halogens is 4. The summed E-state index contributed by atoms with van der Waals surface area (Å²) in [4.78, 5) is 11.2. The molecule has 9 nitrogen and oxygen atoms in total. The number of sulfonamides is 1. The van der Waals surface area contributed by atoms with Crippen LogP contribution in [0.3, 0.4) is 0 Å². The van der Waals surface area contributed by atoms with Crippen LogP contribution in [-0.2, 0) is 10.0 Å². The quantitative estimate of drug-likeness (QED) is 0.462. The van der Waals surface area contributed by atoms with Crippen molar-refractivity contribution in [2.45, 2.75) is 4.90 Å². The fraction of sp³-hybridized carbons (Fsp3) is 0.118. The monoisotopic (exact) mass is 525 g/mol. The Kier molecular flexibility index (Phi) is 8.78. The van der Waals surface area contributed by atoms with Crippen molar-refractivity contribution in [2.75, 3.05) is 24.7 Å². The zero-order valence-electron chi connectivity index (χ0n) is 15.9. The molecule has 0 saturated heterocycles. The van der Waals surface area contributed by atoms with E-state index in [0.29, 0.717) is 21.6 Å². The predicted octanol–water partition coefficient (Wildman–Crippen LogP) is 4.57. The first-order chi connectivity index (χ1) is 14.6. The third-order valence-electron chi connectivity index (χ3n) is 3.42. The first-order valence-corrected chi connectivity index (χ1v) is 11.0. The van der Waals surface area contributed by atoms with Gasteiger partial charge in [0.05, 0.1) is 29.3 Å². The minimum Gasteiger partial charge on any atom is -0.493 e. The predicted molar refractivity (Wildman–Crippen MR) is 121 cm³/mol. The molecule has 0 aliphatic carbocycles. The van der Waals surface area contributed by atoms with Crippen molar-refractivity contribution in [3.05, 3.63) is 57.0 Å². The van der Waals surface area contributed by atoms with E-state index in [1.807, 2.05) is 0 Å². The second kappa shape index (κ2) is 10.9. The maximum Gasteiger partial charge on any atom is 0.264 e. The van der Waals surface area contributed by atoms with Crippen molar-refractivity contribution in [1.29, 1.82) is 0 Å². The maximum absolute atomic E-state index is 12.2. The highest BCUT2D eigenvalue weighted by atomic mass is 35.5. The number of nitrogens with zero attached hydrogens (tertiary/aromatic N) is 3. The molecule has 0 spiro atoms. The smallest absolute Gasteiger partial charge is 0.264 e. The fourth-order valence-corrected chi connectivity index (χ4v) is 3.60. The Morgan fingerprint density at radius 2 is 1.45 bits per heavy atom. The van der Waals surface area contributed by atoms with E-state index in [1.165, 1.54) is 38.7 Å². The van der Waals surface area contributed by atoms with Crippen LogP contribution in [0.15, 0.2) is 41.7 Å². The number of aromatic nitrogens is 3. The van der Waals surface area contributed by atoms with Gasteiger partial charge in [-0.05, 0) is 6.07 Å². The van der Waals surface area contributed by atoms with Crippen molar-refractivity contribution in [2.24, 2.45) is 0 Å². The molecule has 3 aromatic rings. The van der Waals surface area contributed by atoms with Gasteiger partial charge < -0.3 is 15.2 Å². The van der Waals surface area contributed by atoms with Gasteiger partial charge >= 0.3 is 0 Å². The lowest BCUT2D eigenvalue weighted by molar-refractivity contribution is 0.415. The Labute approximate surface area is 198 Å². The van der Waals surface area contributed by atoms with Crippen LogP contribution in [-0.4, -0.2) is 37.6 Å². The maximum atomic E-state index is 12.2. The summed E-state index contributed by atoms with van der Waals surface area (Å²) in [5, 5.41) is 0.866. The number of pyridine rings is 3. The lowest BCUT2D eigenvalue weighted by atomic mass is 10.4. The summed E-state index contributed by atoms with van der Waals surface area (Å²) in [5.41, 5.74) is 5.41. The third kappa shape index (κ3) is 6.88. The Balaban J connectivity index is 0.000000285. The summed E-state index contributed by atoms with van der Waals surface area (Å²) in [6, 6.07) is 4.23. The van der Waals surface area contributed by atoms with E-state index in [9.17, 15) is 8.42 Å². The van der Waals surface area contributed by atoms with Crippen LogP contribution in [0.4, 0.5) is 11.6 Å². The van der Waals surface area contributed by atoms with Crippen LogP contribution in [0.5, 0.6) is 11.5 Å². The largest absolute Gasteiger partial charge is 0.493 e. The molecule has 3 rings (SSSR count). The number of nitrogens with one attached hydrogen (secondary N) is 1. The molecule has 0 aliphatic rings. The molecule has 0 radical (unpaired) electrons. The van der Waals surface area contributed by atoms with Gasteiger partial charge in [0.25, 0.3) is 10.0 Å². The number of anilines is 2. The van der Waals surface area contributed by atoms with Crippen molar-refractivity contribution >= 4 is 68.1 Å². The summed E-state index contributed by atoms with van der Waals surface area (Å²) < 4.78 is 36.6. The minimum atomic E-state index is -3.94. The average molecular weight is 527 g/mol. The standard InChI is InChI=1S/C11H8Cl3N3O3S.C6H7ClN2O/c1-20-9-2-6(12)4-16-11(9)17-21(18,19)7-3-8(13)10(14)15-5-7;1-10-5-2-4(7)3-9-6(5)8/h2-5H,1H3,(H,16,17);2-3H,1H3,(H2,8,9). The minimum absolute atomic E-state index is 0.00651. The normalized spacial score (nSPS) is 10.6. The van der Waals surface area contributed by atoms with Crippen LogP contribution < -0.4 is 19.9 Å². The first kappa shape index (κ1) is 25.0. The van der Waals surface area contributed by atoms with Crippen LogP contribution in [0.1, 0.15) is 0 Å². The van der Waals surface area contributed by atoms with Gasteiger partial charge in [0.1, 0.15) is 10.0 Å². The molecule has 3 N–H and O–H groups in total. The molecule has 0 unspecified atom stereocenters. The molecule has 0 bridgehead atoms. The first-order valence-electron chi connectivity index (χ1n) is 8.05. The molecular formula is C17H15Cl4N5O4S. The molecule has 14 heteroatoms. The Bertz CT molecular complexity index is 1180. The van der Waals surface area contributed by atoms with Crippen LogP contribution in [0.25, 0.3) is 0 Å². The number of methoxy groups -OCH3 is 2. The molecule has 0 amide bonds. The number of ether oxygens (including phenoxy) is 2. The summed E-state index contributed by atoms with van der Waals surface area (Å²) in [6.45, 7) is 0. The second-order valence-electron chi connectivity index (χ2n) is 5.49. The highest BCUT2D eigenvalue weighted by molar-refractivity contribution is 7.92. The van der Waals surface area contributed by atoms with Crippen LogP contribution >= 0.6 is 46.4 Å². The molecule has 3 heterocycles. The molecule has 0 atom stereocenters. The topological polar surface area (TPSA) is 129 Å². The number of hydrogen-bond acceptors (Lipinski definition) is 8. The van der Waals surface area contributed by atoms with Crippen LogP contribution in [0, 0.1) is 0 Å². The molecule has 0 fully saturated rings. The summed E-state index contributed by atoms with van der Waals surface area (Å²) in [7, 11) is -1.05. The Morgan fingerprint density at radius 3 is 2.00 bits per heavy atom. The molecule has 0 aromatic carbocycles. The summed E-state index contributed by atoms with van der Waals surface area (Å²) in [5.74, 6) is 1.03. The van der Waals surface area contributed by atoms with E-state index in [-0.39, 0.29) is 26.6 Å². The van der Waals surface area contributed by atoms with Crippen LogP contribution in [0.2, 0.25) is 20.2 Å². The lowest BCUT2D eigenvalue weighted by Crippen LogP contribution is -2.15. The lowest BCUT2D eigenvalue weighted by Gasteiger charge is -2.11. The zero-order chi connectivity index (χ0) is 23.2. The van der Waals surface area contributed by atoms with Gasteiger partial charge in [0, 0.05) is 30.7 Å². The molecule has 0 aliphatic heterocycles. The third-order valence-corrected chi connectivity index (χ3v) is 5.83. The SMILES string of the molecule is COc1cc(Cl)cnc1N.COc1cc(Cl)cnc1NS(=O)(=O)c1cnc(Cl)c(Cl)c1. The van der Waals surface area contributed by atoms with Crippen molar-refractivity contribution in [3.63, 3.8) is 0 Å². The van der Waals surface area contributed by atoms with E-state index in [2.05, 4.69) is 19.7 Å². The van der Waals surface area contributed by atoms with Gasteiger partial charge in [-0.25, -0.2) is 23.4 Å². The molecule has 31 heavy (non-hydrogen) atoms. The summed E-state index contributed by atoms with van der Waals surface area (Å²) in [6.07, 6.45) is 3.84. The summed E-state index contributed by atoms with van der Waals surface area (Å²) >= 11 is 22.8. The Hall–Kier alpha value is -2.24. The highest BCUT2D eigenvalue weighted by Crippen LogP contribution is 2.28. The van der Waals surface area contributed by atoms with Gasteiger partial charge in [-0.1, -0.05) is 46.4 Å². The zero-order valence-corrected chi connectivity index (χ0v) is 19.8. The van der Waals surface area contributed by atoms with E-state index in [1.54, 1.807) is 6.07 Å². The van der Waals surface area contributed by atoms with Gasteiger partial charge in [-0.3, -0.25) is 4.72 Å². The molecule has 0 saturated carbocycles. The van der Waals surface area contributed by atoms with E-state index >= 15 is 0 Å². The number of nitrogen functional groups attached to an aromatic ring is 1. The second-order valence-corrected chi connectivity index (χ2v) is 8.82. The Morgan fingerprint density at radius 1 is 0.871 bits per heavy atom. The molecule has 3 aromatic heterocycles. The van der Waals surface area contributed by atoms with Gasteiger partial charge in [0.2, 0.25) is 0 Å². The van der Waals surface area contributed by atoms with Gasteiger partial charge in [-0.15, -0.1) is 0 Å². The van der Waals surface area contributed by atoms with Crippen molar-refractivity contribution in [3.8, 4) is 11.5 Å². The number of nitrogens with two attached hydrogens (primary N) is 1. The van der Waals surface area contributed by atoms with E-state index in [0.717, 1.165) is 6.20 Å². The number of hydrogen-bond donors (Lipinski definition) is 2. The van der Waals surface area contributed by atoms with E-state index in [4.69, 9.17) is 61.6 Å². The van der Waals surface area contributed by atoms with Gasteiger partial charge in [0.15, 0.2) is 23.1 Å². The van der Waals surface area contributed by atoms with Crippen molar-refractivity contribution < 1.29 is 17.9 Å². The van der Waals surface area contributed by atoms with Gasteiger partial charge in [-0.2, -0.15) is 0 Å². The number of rotatable bonds is 5. The molecule has 166 valence electrons. The molecular weight excluding hydrogens is 512 g/mol. The average Bonchev–Trinajstić information content (AvgIpc) is 2.73. The highest BCUT2D eigenvalue weighted by Gasteiger charge is 2.19. The van der Waals surface area contributed by atoms with Crippen molar-refractivity contribution in [1.82, 2.24) is 15.0 Å².